The van der Waals surface area contributed by atoms with Gasteiger partial charge in [0.1, 0.15) is 0 Å². The number of amides is 2. The molecule has 3 rings (SSSR count). The fraction of sp³-hybridized carbons (Fsp3) is 0.364. The van der Waals surface area contributed by atoms with Gasteiger partial charge in [-0.15, -0.1) is 0 Å². The van der Waals surface area contributed by atoms with Gasteiger partial charge in [-0.2, -0.15) is 4.31 Å². The van der Waals surface area contributed by atoms with Crippen LogP contribution >= 0.6 is 0 Å². The van der Waals surface area contributed by atoms with E-state index in [4.69, 9.17) is 15.2 Å². The smallest absolute Gasteiger partial charge is 0.262 e. The molecule has 0 unspecified atom stereocenters. The summed E-state index contributed by atoms with van der Waals surface area (Å²) in [6.07, 6.45) is 2.69. The van der Waals surface area contributed by atoms with E-state index in [-0.39, 0.29) is 22.0 Å². The molecule has 0 spiro atoms. The van der Waals surface area contributed by atoms with E-state index in [1.165, 1.54) is 23.5 Å². The molecule has 1 aliphatic rings. The molecule has 1 fully saturated rings. The van der Waals surface area contributed by atoms with Gasteiger partial charge in [0.15, 0.2) is 18.1 Å². The zero-order chi connectivity index (χ0) is 23.3. The minimum Gasteiger partial charge on any atom is -0.493 e. The lowest BCUT2D eigenvalue weighted by Gasteiger charge is -2.26. The molecule has 9 nitrogen and oxygen atoms in total. The Hall–Kier alpha value is -3.11. The van der Waals surface area contributed by atoms with Crippen molar-refractivity contribution in [2.24, 2.45) is 5.73 Å². The van der Waals surface area contributed by atoms with Gasteiger partial charge in [-0.1, -0.05) is 18.6 Å². The summed E-state index contributed by atoms with van der Waals surface area (Å²) in [5.41, 5.74) is 6.38. The average Bonchev–Trinajstić information content (AvgIpc) is 2.79. The maximum Gasteiger partial charge on any atom is 0.262 e. The molecule has 2 aromatic rings. The first kappa shape index (κ1) is 23.6. The predicted molar refractivity (Wildman–Crippen MR) is 119 cm³/mol. The minimum absolute atomic E-state index is 0.0647. The molecule has 0 saturated carbocycles. The average molecular weight is 462 g/mol. The molecule has 0 radical (unpaired) electrons. The van der Waals surface area contributed by atoms with Crippen LogP contribution in [-0.4, -0.2) is 51.3 Å². The summed E-state index contributed by atoms with van der Waals surface area (Å²) in [7, 11) is -2.24. The van der Waals surface area contributed by atoms with Crippen LogP contribution in [0.4, 0.5) is 5.69 Å². The van der Waals surface area contributed by atoms with E-state index >= 15 is 0 Å². The standard InChI is InChI=1S/C22H27N3O6S/c1-15-9-10-16(13-19(15)32(28,29)25-11-4-3-5-12-25)24-20(26)14-31-21-17(22(23)27)7-6-8-18(21)30-2/h6-10,13H,3-5,11-12,14H2,1-2H3,(H2,23,27)(H,24,26). The van der Waals surface area contributed by atoms with E-state index in [1.54, 1.807) is 31.2 Å². The highest BCUT2D eigenvalue weighted by molar-refractivity contribution is 7.89. The first-order valence-electron chi connectivity index (χ1n) is 10.2. The highest BCUT2D eigenvalue weighted by Crippen LogP contribution is 2.31. The number of methoxy groups -OCH3 is 1. The van der Waals surface area contributed by atoms with Gasteiger partial charge in [0, 0.05) is 18.8 Å². The third-order valence-electron chi connectivity index (χ3n) is 5.22. The Morgan fingerprint density at radius 1 is 1.12 bits per heavy atom. The summed E-state index contributed by atoms with van der Waals surface area (Å²) >= 11 is 0. The molecule has 1 saturated heterocycles. The van der Waals surface area contributed by atoms with Crippen molar-refractivity contribution in [2.45, 2.75) is 31.1 Å². The minimum atomic E-state index is -3.65. The van der Waals surface area contributed by atoms with Gasteiger partial charge < -0.3 is 20.5 Å². The molecule has 10 heteroatoms. The highest BCUT2D eigenvalue weighted by Gasteiger charge is 2.27. The Morgan fingerprint density at radius 2 is 1.84 bits per heavy atom. The maximum absolute atomic E-state index is 13.1. The highest BCUT2D eigenvalue weighted by atomic mass is 32.2. The number of aryl methyl sites for hydroxylation is 1. The van der Waals surface area contributed by atoms with Gasteiger partial charge >= 0.3 is 0 Å². The van der Waals surface area contributed by atoms with Crippen molar-refractivity contribution in [3.8, 4) is 11.5 Å². The number of anilines is 1. The summed E-state index contributed by atoms with van der Waals surface area (Å²) < 4.78 is 38.3. The van der Waals surface area contributed by atoms with Crippen molar-refractivity contribution in [1.82, 2.24) is 4.31 Å². The van der Waals surface area contributed by atoms with Gasteiger partial charge in [-0.25, -0.2) is 8.42 Å². The number of piperidine rings is 1. The zero-order valence-electron chi connectivity index (χ0n) is 18.1. The Balaban J connectivity index is 1.74. The number of hydrogen-bond donors (Lipinski definition) is 2. The number of para-hydroxylation sites is 1. The Morgan fingerprint density at radius 3 is 2.50 bits per heavy atom. The summed E-state index contributed by atoms with van der Waals surface area (Å²) in [4.78, 5) is 24.3. The monoisotopic (exact) mass is 461 g/mol. The van der Waals surface area contributed by atoms with Crippen LogP contribution in [0, 0.1) is 6.92 Å². The number of nitrogens with zero attached hydrogens (tertiary/aromatic N) is 1. The Bertz CT molecular complexity index is 1110. The van der Waals surface area contributed by atoms with Crippen LogP contribution in [0.25, 0.3) is 0 Å². The number of hydrogen-bond acceptors (Lipinski definition) is 6. The topological polar surface area (TPSA) is 128 Å². The fourth-order valence-electron chi connectivity index (χ4n) is 3.55. The molecule has 2 amide bonds. The second-order valence-corrected chi connectivity index (χ2v) is 9.39. The largest absolute Gasteiger partial charge is 0.493 e. The summed E-state index contributed by atoms with van der Waals surface area (Å²) in [6.45, 7) is 2.28. The lowest BCUT2D eigenvalue weighted by Crippen LogP contribution is -2.36. The van der Waals surface area contributed by atoms with Crippen LogP contribution in [0.1, 0.15) is 35.2 Å². The molecule has 0 bridgehead atoms. The van der Waals surface area contributed by atoms with E-state index < -0.39 is 28.4 Å². The summed E-state index contributed by atoms with van der Waals surface area (Å²) in [5, 5.41) is 2.64. The van der Waals surface area contributed by atoms with Crippen molar-refractivity contribution >= 4 is 27.5 Å². The van der Waals surface area contributed by atoms with Crippen molar-refractivity contribution in [1.29, 1.82) is 0 Å². The number of sulfonamides is 1. The number of benzene rings is 2. The number of ether oxygens (including phenoxy) is 2. The lowest BCUT2D eigenvalue weighted by atomic mass is 10.2. The first-order valence-corrected chi connectivity index (χ1v) is 11.7. The molecular weight excluding hydrogens is 434 g/mol. The number of carbonyl (C=O) groups excluding carboxylic acids is 2. The fourth-order valence-corrected chi connectivity index (χ4v) is 5.32. The number of rotatable bonds is 8. The molecule has 172 valence electrons. The predicted octanol–water partition coefficient (Wildman–Crippen LogP) is 2.29. The molecule has 3 N–H and O–H groups in total. The Kier molecular flexibility index (Phi) is 7.37. The molecule has 0 aromatic heterocycles. The molecule has 1 heterocycles. The molecule has 1 aliphatic heterocycles. The van der Waals surface area contributed by atoms with Crippen LogP contribution < -0.4 is 20.5 Å². The zero-order valence-corrected chi connectivity index (χ0v) is 18.9. The van der Waals surface area contributed by atoms with Gasteiger partial charge in [0.25, 0.3) is 11.8 Å². The van der Waals surface area contributed by atoms with Crippen molar-refractivity contribution < 1.29 is 27.5 Å². The molecule has 32 heavy (non-hydrogen) atoms. The van der Waals surface area contributed by atoms with E-state index in [9.17, 15) is 18.0 Å². The molecule has 2 aromatic carbocycles. The van der Waals surface area contributed by atoms with Gasteiger partial charge in [-0.3, -0.25) is 9.59 Å². The normalized spacial score (nSPS) is 14.6. The quantitative estimate of drug-likeness (QED) is 0.621. The van der Waals surface area contributed by atoms with Crippen LogP contribution in [-0.2, 0) is 14.8 Å². The van der Waals surface area contributed by atoms with E-state index in [1.807, 2.05) is 0 Å². The van der Waals surface area contributed by atoms with Crippen LogP contribution in [0.3, 0.4) is 0 Å². The lowest BCUT2D eigenvalue weighted by molar-refractivity contribution is -0.118. The van der Waals surface area contributed by atoms with Crippen molar-refractivity contribution in [3.63, 3.8) is 0 Å². The van der Waals surface area contributed by atoms with Gasteiger partial charge in [0.05, 0.1) is 17.6 Å². The number of nitrogens with one attached hydrogen (secondary N) is 1. The molecule has 0 atom stereocenters. The van der Waals surface area contributed by atoms with Crippen molar-refractivity contribution in [3.05, 3.63) is 47.5 Å². The number of nitrogens with two attached hydrogens (primary N) is 1. The Labute approximate surface area is 187 Å². The van der Waals surface area contributed by atoms with Gasteiger partial charge in [0.2, 0.25) is 10.0 Å². The van der Waals surface area contributed by atoms with E-state index in [2.05, 4.69) is 5.32 Å². The number of carbonyl (C=O) groups is 2. The number of primary amides is 1. The molecule has 0 aliphatic carbocycles. The SMILES string of the molecule is COc1cccc(C(N)=O)c1OCC(=O)Nc1ccc(C)c(S(=O)(=O)N2CCCCC2)c1. The third kappa shape index (κ3) is 5.20. The second-order valence-electron chi connectivity index (χ2n) is 7.48. The van der Waals surface area contributed by atoms with Crippen molar-refractivity contribution in [2.75, 3.05) is 32.1 Å². The van der Waals surface area contributed by atoms with E-state index in [0.29, 0.717) is 24.3 Å². The second kappa shape index (κ2) is 10.0. The summed E-state index contributed by atoms with van der Waals surface area (Å²) in [5.74, 6) is -0.920. The third-order valence-corrected chi connectivity index (χ3v) is 7.26. The first-order chi connectivity index (χ1) is 15.2. The van der Waals surface area contributed by atoms with Crippen LogP contribution in [0.5, 0.6) is 11.5 Å². The molecular formula is C22H27N3O6S. The summed E-state index contributed by atoms with van der Waals surface area (Å²) in [6, 6.07) is 9.36. The van der Waals surface area contributed by atoms with Crippen LogP contribution in [0.2, 0.25) is 0 Å². The van der Waals surface area contributed by atoms with Gasteiger partial charge in [-0.05, 0) is 49.6 Å². The maximum atomic E-state index is 13.1. The van der Waals surface area contributed by atoms with Crippen LogP contribution in [0.15, 0.2) is 41.3 Å². The van der Waals surface area contributed by atoms with E-state index in [0.717, 1.165) is 19.3 Å².